The smallest absolute Gasteiger partial charge is 0.289 e. The molecule has 0 bridgehead atoms. The molecule has 0 saturated carbocycles. The van der Waals surface area contributed by atoms with Crippen molar-refractivity contribution in [3.05, 3.63) is 53.0 Å². The number of benzene rings is 1. The van der Waals surface area contributed by atoms with E-state index >= 15 is 0 Å². The van der Waals surface area contributed by atoms with Gasteiger partial charge in [0.25, 0.3) is 11.8 Å². The summed E-state index contributed by atoms with van der Waals surface area (Å²) in [5.74, 6) is 0.919. The van der Waals surface area contributed by atoms with Crippen LogP contribution in [0.25, 0.3) is 0 Å². The number of carbonyl (C=O) groups excluding carboxylic acids is 2. The van der Waals surface area contributed by atoms with Crippen LogP contribution >= 0.6 is 0 Å². The summed E-state index contributed by atoms with van der Waals surface area (Å²) in [7, 11) is 1.59. The molecule has 132 valence electrons. The van der Waals surface area contributed by atoms with Crippen molar-refractivity contribution in [1.82, 2.24) is 9.80 Å². The van der Waals surface area contributed by atoms with Gasteiger partial charge in [0.2, 0.25) is 0 Å². The summed E-state index contributed by atoms with van der Waals surface area (Å²) in [4.78, 5) is 28.6. The minimum atomic E-state index is -0.119. The molecular weight excluding hydrogens is 320 g/mol. The maximum absolute atomic E-state index is 12.7. The summed E-state index contributed by atoms with van der Waals surface area (Å²) in [6, 6.07) is 7.23. The Morgan fingerprint density at radius 3 is 2.16 bits per heavy atom. The van der Waals surface area contributed by atoms with Crippen LogP contribution in [0.15, 0.2) is 34.9 Å². The Kier molecular flexibility index (Phi) is 4.79. The van der Waals surface area contributed by atoms with E-state index in [4.69, 9.17) is 9.15 Å². The predicted octanol–water partition coefficient (Wildman–Crippen LogP) is 2.50. The molecule has 1 saturated heterocycles. The number of furan rings is 1. The lowest BCUT2D eigenvalue weighted by atomic mass is 10.1. The van der Waals surface area contributed by atoms with Gasteiger partial charge in [0.1, 0.15) is 5.75 Å². The number of carbonyl (C=O) groups is 2. The standard InChI is InChI=1S/C19H22N2O4/c1-13-4-5-15(12-16(13)24-3)18(22)20-7-9-21(10-8-20)19(23)17-14(2)6-11-25-17/h4-6,11-12H,7-10H2,1-3H3. The van der Waals surface area contributed by atoms with E-state index in [-0.39, 0.29) is 11.8 Å². The minimum Gasteiger partial charge on any atom is -0.496 e. The highest BCUT2D eigenvalue weighted by Crippen LogP contribution is 2.21. The first-order chi connectivity index (χ1) is 12.0. The number of aryl methyl sites for hydroxylation is 2. The molecule has 1 aromatic heterocycles. The fraction of sp³-hybridized carbons (Fsp3) is 0.368. The molecule has 1 aliphatic heterocycles. The molecule has 0 N–H and O–H groups in total. The largest absolute Gasteiger partial charge is 0.496 e. The van der Waals surface area contributed by atoms with Crippen LogP contribution in [0.1, 0.15) is 32.0 Å². The first-order valence-electron chi connectivity index (χ1n) is 8.28. The highest BCUT2D eigenvalue weighted by molar-refractivity contribution is 5.95. The number of methoxy groups -OCH3 is 1. The molecule has 0 spiro atoms. The Morgan fingerprint density at radius 2 is 1.60 bits per heavy atom. The summed E-state index contributed by atoms with van der Waals surface area (Å²) in [5, 5.41) is 0. The lowest BCUT2D eigenvalue weighted by Crippen LogP contribution is -2.50. The van der Waals surface area contributed by atoms with Crippen molar-refractivity contribution in [3.63, 3.8) is 0 Å². The molecule has 0 atom stereocenters. The molecule has 0 radical (unpaired) electrons. The van der Waals surface area contributed by atoms with Crippen molar-refractivity contribution in [2.75, 3.05) is 33.3 Å². The highest BCUT2D eigenvalue weighted by Gasteiger charge is 2.27. The number of hydrogen-bond acceptors (Lipinski definition) is 4. The zero-order valence-electron chi connectivity index (χ0n) is 14.7. The Bertz CT molecular complexity index is 788. The van der Waals surface area contributed by atoms with Gasteiger partial charge in [-0.3, -0.25) is 9.59 Å². The van der Waals surface area contributed by atoms with Crippen LogP contribution in [0.4, 0.5) is 0 Å². The summed E-state index contributed by atoms with van der Waals surface area (Å²) in [6.07, 6.45) is 1.52. The molecule has 2 heterocycles. The predicted molar refractivity (Wildman–Crippen MR) is 93.0 cm³/mol. The zero-order chi connectivity index (χ0) is 18.0. The second-order valence-corrected chi connectivity index (χ2v) is 6.20. The number of nitrogens with zero attached hydrogens (tertiary/aromatic N) is 2. The molecule has 0 unspecified atom stereocenters. The second kappa shape index (κ2) is 7.01. The number of piperazine rings is 1. The fourth-order valence-corrected chi connectivity index (χ4v) is 2.98. The maximum Gasteiger partial charge on any atom is 0.289 e. The van der Waals surface area contributed by atoms with Crippen molar-refractivity contribution in [2.45, 2.75) is 13.8 Å². The van der Waals surface area contributed by atoms with Crippen LogP contribution in [0.5, 0.6) is 5.75 Å². The SMILES string of the molecule is COc1cc(C(=O)N2CCN(C(=O)c3occc3C)CC2)ccc1C. The van der Waals surface area contributed by atoms with E-state index in [1.165, 1.54) is 6.26 Å². The van der Waals surface area contributed by atoms with E-state index < -0.39 is 0 Å². The van der Waals surface area contributed by atoms with Crippen LogP contribution in [0, 0.1) is 13.8 Å². The average molecular weight is 342 g/mol. The van der Waals surface area contributed by atoms with Gasteiger partial charge in [-0.2, -0.15) is 0 Å². The van der Waals surface area contributed by atoms with Gasteiger partial charge in [-0.05, 0) is 37.6 Å². The second-order valence-electron chi connectivity index (χ2n) is 6.20. The molecule has 0 aliphatic carbocycles. The van der Waals surface area contributed by atoms with Crippen LogP contribution in [-0.2, 0) is 0 Å². The Labute approximate surface area is 147 Å². The Morgan fingerprint density at radius 1 is 0.960 bits per heavy atom. The summed E-state index contributed by atoms with van der Waals surface area (Å²) < 4.78 is 10.6. The summed E-state index contributed by atoms with van der Waals surface area (Å²) in [5.41, 5.74) is 2.42. The third kappa shape index (κ3) is 3.38. The summed E-state index contributed by atoms with van der Waals surface area (Å²) >= 11 is 0. The lowest BCUT2D eigenvalue weighted by Gasteiger charge is -2.34. The van der Waals surface area contributed by atoms with Gasteiger partial charge < -0.3 is 19.0 Å². The first kappa shape index (κ1) is 17.1. The van der Waals surface area contributed by atoms with Gasteiger partial charge in [-0.15, -0.1) is 0 Å². The maximum atomic E-state index is 12.7. The van der Waals surface area contributed by atoms with Crippen molar-refractivity contribution < 1.29 is 18.7 Å². The molecule has 25 heavy (non-hydrogen) atoms. The average Bonchev–Trinajstić information content (AvgIpc) is 3.07. The van der Waals surface area contributed by atoms with E-state index in [9.17, 15) is 9.59 Å². The minimum absolute atomic E-state index is 0.0421. The molecule has 6 heteroatoms. The normalized spacial score (nSPS) is 14.5. The van der Waals surface area contributed by atoms with E-state index in [1.54, 1.807) is 29.0 Å². The molecule has 1 aliphatic rings. The first-order valence-corrected chi connectivity index (χ1v) is 8.28. The zero-order valence-corrected chi connectivity index (χ0v) is 14.7. The third-order valence-corrected chi connectivity index (χ3v) is 4.57. The van der Waals surface area contributed by atoms with Crippen molar-refractivity contribution in [2.24, 2.45) is 0 Å². The topological polar surface area (TPSA) is 63.0 Å². The lowest BCUT2D eigenvalue weighted by molar-refractivity contribution is 0.0517. The molecule has 3 rings (SSSR count). The van der Waals surface area contributed by atoms with E-state index in [0.29, 0.717) is 43.3 Å². The van der Waals surface area contributed by atoms with Gasteiger partial charge in [0.15, 0.2) is 5.76 Å². The van der Waals surface area contributed by atoms with Gasteiger partial charge in [-0.1, -0.05) is 6.07 Å². The third-order valence-electron chi connectivity index (χ3n) is 4.57. The van der Waals surface area contributed by atoms with E-state index in [1.807, 2.05) is 26.0 Å². The van der Waals surface area contributed by atoms with Gasteiger partial charge in [0, 0.05) is 37.3 Å². The molecule has 1 aromatic carbocycles. The van der Waals surface area contributed by atoms with Gasteiger partial charge in [0.05, 0.1) is 13.4 Å². The van der Waals surface area contributed by atoms with Crippen molar-refractivity contribution in [3.8, 4) is 5.75 Å². The number of rotatable bonds is 3. The quantitative estimate of drug-likeness (QED) is 0.860. The van der Waals surface area contributed by atoms with E-state index in [0.717, 1.165) is 11.1 Å². The van der Waals surface area contributed by atoms with E-state index in [2.05, 4.69) is 0 Å². The fourth-order valence-electron chi connectivity index (χ4n) is 2.98. The van der Waals surface area contributed by atoms with Gasteiger partial charge >= 0.3 is 0 Å². The monoisotopic (exact) mass is 342 g/mol. The molecule has 6 nitrogen and oxygen atoms in total. The van der Waals surface area contributed by atoms with Crippen molar-refractivity contribution >= 4 is 11.8 Å². The van der Waals surface area contributed by atoms with Crippen molar-refractivity contribution in [1.29, 1.82) is 0 Å². The molecular formula is C19H22N2O4. The van der Waals surface area contributed by atoms with Gasteiger partial charge in [-0.25, -0.2) is 0 Å². The molecule has 2 aromatic rings. The van der Waals surface area contributed by atoms with Crippen LogP contribution in [0.2, 0.25) is 0 Å². The number of hydrogen-bond donors (Lipinski definition) is 0. The number of amides is 2. The molecule has 2 amide bonds. The Balaban J connectivity index is 1.65. The Hall–Kier alpha value is -2.76. The van der Waals surface area contributed by atoms with Crippen LogP contribution in [0.3, 0.4) is 0 Å². The van der Waals surface area contributed by atoms with Crippen LogP contribution in [-0.4, -0.2) is 54.9 Å². The van der Waals surface area contributed by atoms with Crippen LogP contribution < -0.4 is 4.74 Å². The number of ether oxygens (including phenoxy) is 1. The molecule has 1 fully saturated rings. The summed E-state index contributed by atoms with van der Waals surface area (Å²) in [6.45, 7) is 5.78. The highest BCUT2D eigenvalue weighted by atomic mass is 16.5.